The second kappa shape index (κ2) is 6.62. The summed E-state index contributed by atoms with van der Waals surface area (Å²) >= 11 is 0. The Morgan fingerprint density at radius 1 is 1.12 bits per heavy atom. The van der Waals surface area contributed by atoms with Gasteiger partial charge in [0.05, 0.1) is 0 Å². The van der Waals surface area contributed by atoms with Gasteiger partial charge in [0.15, 0.2) is 0 Å². The van der Waals surface area contributed by atoms with Crippen LogP contribution in [0.2, 0.25) is 0 Å². The van der Waals surface area contributed by atoms with E-state index in [1.807, 2.05) is 0 Å². The maximum absolute atomic E-state index is 12.4. The Hall–Kier alpha value is -0.250. The Morgan fingerprint density at radius 3 is 2.00 bits per heavy atom. The number of hydrogen-bond acceptors (Lipinski definition) is 1. The topological polar surface area (TPSA) is 12.0 Å². The average Bonchev–Trinajstić information content (AvgIpc) is 2.21. The van der Waals surface area contributed by atoms with Crippen LogP contribution >= 0.6 is 0 Å². The molecule has 4 heteroatoms. The molecule has 0 bridgehead atoms. The molecule has 17 heavy (non-hydrogen) atoms. The molecular formula is C13H26F3N. The number of nitrogens with one attached hydrogen (secondary N) is 1. The lowest BCUT2D eigenvalue weighted by atomic mass is 9.75. The number of halogens is 3. The van der Waals surface area contributed by atoms with Crippen molar-refractivity contribution in [2.24, 2.45) is 11.3 Å². The highest BCUT2D eigenvalue weighted by atomic mass is 19.4. The van der Waals surface area contributed by atoms with Gasteiger partial charge in [-0.1, -0.05) is 40.5 Å². The Bertz CT molecular complexity index is 213. The molecule has 0 aromatic heterocycles. The molecular weight excluding hydrogens is 227 g/mol. The molecule has 0 spiro atoms. The van der Waals surface area contributed by atoms with E-state index in [9.17, 15) is 13.2 Å². The van der Waals surface area contributed by atoms with Crippen LogP contribution in [0.15, 0.2) is 0 Å². The smallest absolute Gasteiger partial charge is 0.306 e. The van der Waals surface area contributed by atoms with E-state index >= 15 is 0 Å². The summed E-state index contributed by atoms with van der Waals surface area (Å²) in [5, 5.41) is 2.63. The van der Waals surface area contributed by atoms with Crippen molar-refractivity contribution >= 4 is 0 Å². The Morgan fingerprint density at radius 2 is 1.65 bits per heavy atom. The van der Waals surface area contributed by atoms with Gasteiger partial charge in [0.1, 0.15) is 6.04 Å². The van der Waals surface area contributed by atoms with Crippen molar-refractivity contribution < 1.29 is 13.2 Å². The molecule has 0 amide bonds. The summed E-state index contributed by atoms with van der Waals surface area (Å²) in [5.74, 6) is 0.377. The van der Waals surface area contributed by atoms with Crippen LogP contribution in [-0.4, -0.2) is 18.8 Å². The summed E-state index contributed by atoms with van der Waals surface area (Å²) in [6.07, 6.45) is -1.03. The fraction of sp³-hybridized carbons (Fsp3) is 1.00. The van der Waals surface area contributed by atoms with Crippen molar-refractivity contribution in [3.63, 3.8) is 0 Å². The van der Waals surface area contributed by atoms with Crippen molar-refractivity contribution in [1.82, 2.24) is 5.32 Å². The van der Waals surface area contributed by atoms with Gasteiger partial charge in [-0.25, -0.2) is 0 Å². The summed E-state index contributed by atoms with van der Waals surface area (Å²) in [7, 11) is 0. The van der Waals surface area contributed by atoms with E-state index in [1.54, 1.807) is 0 Å². The van der Waals surface area contributed by atoms with Gasteiger partial charge in [-0.05, 0) is 24.7 Å². The predicted molar refractivity (Wildman–Crippen MR) is 66.0 cm³/mol. The van der Waals surface area contributed by atoms with E-state index in [1.165, 1.54) is 6.92 Å². The van der Waals surface area contributed by atoms with E-state index in [4.69, 9.17) is 0 Å². The molecule has 0 radical (unpaired) electrons. The standard InChI is InChI=1S/C13H26F3N/c1-6-7-8-12(5,10(2)3)9-17-11(4)13(14,15)16/h10-11,17H,6-9H2,1-5H3/t11-,12-/m1/s1. The lowest BCUT2D eigenvalue weighted by Crippen LogP contribution is -2.46. The van der Waals surface area contributed by atoms with Gasteiger partial charge in [-0.2, -0.15) is 13.2 Å². The van der Waals surface area contributed by atoms with Crippen molar-refractivity contribution in [2.45, 2.75) is 66.1 Å². The van der Waals surface area contributed by atoms with Crippen LogP contribution in [0.1, 0.15) is 53.9 Å². The summed E-state index contributed by atoms with van der Waals surface area (Å²) < 4.78 is 37.2. The first-order chi connectivity index (χ1) is 7.63. The molecule has 0 unspecified atom stereocenters. The van der Waals surface area contributed by atoms with E-state index in [0.717, 1.165) is 19.3 Å². The van der Waals surface area contributed by atoms with Crippen LogP contribution in [0.4, 0.5) is 13.2 Å². The molecule has 0 saturated heterocycles. The fourth-order valence-corrected chi connectivity index (χ4v) is 1.66. The second-order valence-corrected chi connectivity index (χ2v) is 5.56. The minimum atomic E-state index is -4.15. The van der Waals surface area contributed by atoms with E-state index in [2.05, 4.69) is 33.0 Å². The predicted octanol–water partition coefficient (Wildman–Crippen LogP) is 4.38. The molecule has 0 aromatic carbocycles. The highest BCUT2D eigenvalue weighted by Crippen LogP contribution is 2.33. The average molecular weight is 253 g/mol. The van der Waals surface area contributed by atoms with Crippen LogP contribution in [0.5, 0.6) is 0 Å². The third-order valence-electron chi connectivity index (χ3n) is 3.80. The monoisotopic (exact) mass is 253 g/mol. The highest BCUT2D eigenvalue weighted by Gasteiger charge is 2.37. The maximum atomic E-state index is 12.4. The van der Waals surface area contributed by atoms with E-state index in [-0.39, 0.29) is 5.41 Å². The Labute approximate surface area is 103 Å². The zero-order valence-corrected chi connectivity index (χ0v) is 11.6. The zero-order valence-electron chi connectivity index (χ0n) is 11.6. The molecule has 104 valence electrons. The summed E-state index contributed by atoms with van der Waals surface area (Å²) in [6.45, 7) is 9.94. The number of rotatable bonds is 7. The van der Waals surface area contributed by atoms with Crippen LogP contribution in [0, 0.1) is 11.3 Å². The van der Waals surface area contributed by atoms with Gasteiger partial charge in [0.2, 0.25) is 0 Å². The highest BCUT2D eigenvalue weighted by molar-refractivity contribution is 4.82. The molecule has 1 nitrogen and oxygen atoms in total. The molecule has 0 aromatic rings. The number of unbranched alkanes of at least 4 members (excludes halogenated alkanes) is 1. The quantitative estimate of drug-likeness (QED) is 0.710. The lowest BCUT2D eigenvalue weighted by Gasteiger charge is -2.35. The zero-order chi connectivity index (χ0) is 13.7. The molecule has 0 rings (SSSR count). The SMILES string of the molecule is CCCC[C@](C)(CN[C@H](C)C(F)(F)F)C(C)C. The molecule has 0 saturated carbocycles. The van der Waals surface area contributed by atoms with Gasteiger partial charge in [-0.3, -0.25) is 0 Å². The van der Waals surface area contributed by atoms with E-state index < -0.39 is 12.2 Å². The van der Waals surface area contributed by atoms with Crippen LogP contribution in [0.3, 0.4) is 0 Å². The van der Waals surface area contributed by atoms with Gasteiger partial charge in [-0.15, -0.1) is 0 Å². The van der Waals surface area contributed by atoms with E-state index in [0.29, 0.717) is 12.5 Å². The first-order valence-electron chi connectivity index (χ1n) is 6.43. The number of alkyl halides is 3. The maximum Gasteiger partial charge on any atom is 0.403 e. The summed E-state index contributed by atoms with van der Waals surface area (Å²) in [4.78, 5) is 0. The van der Waals surface area contributed by atoms with Crippen molar-refractivity contribution in [3.05, 3.63) is 0 Å². The minimum absolute atomic E-state index is 0.0600. The lowest BCUT2D eigenvalue weighted by molar-refractivity contribution is -0.153. The molecule has 0 aliphatic heterocycles. The van der Waals surface area contributed by atoms with Crippen LogP contribution in [-0.2, 0) is 0 Å². The third-order valence-corrected chi connectivity index (χ3v) is 3.80. The first-order valence-corrected chi connectivity index (χ1v) is 6.43. The normalized spacial score (nSPS) is 18.2. The largest absolute Gasteiger partial charge is 0.403 e. The van der Waals surface area contributed by atoms with Crippen LogP contribution in [0.25, 0.3) is 0 Å². The van der Waals surface area contributed by atoms with Gasteiger partial charge in [0, 0.05) is 6.54 Å². The van der Waals surface area contributed by atoms with Crippen LogP contribution < -0.4 is 5.32 Å². The third kappa shape index (κ3) is 5.75. The van der Waals surface area contributed by atoms with Crippen molar-refractivity contribution in [1.29, 1.82) is 0 Å². The number of hydrogen-bond donors (Lipinski definition) is 1. The van der Waals surface area contributed by atoms with Gasteiger partial charge >= 0.3 is 6.18 Å². The van der Waals surface area contributed by atoms with Crippen molar-refractivity contribution in [2.75, 3.05) is 6.54 Å². The summed E-state index contributed by atoms with van der Waals surface area (Å²) in [6, 6.07) is -1.43. The second-order valence-electron chi connectivity index (χ2n) is 5.56. The summed E-state index contributed by atoms with van der Waals surface area (Å²) in [5.41, 5.74) is -0.0600. The molecule has 0 fully saturated rings. The fourth-order valence-electron chi connectivity index (χ4n) is 1.66. The Balaban J connectivity index is 4.36. The minimum Gasteiger partial charge on any atom is -0.306 e. The van der Waals surface area contributed by atoms with Gasteiger partial charge < -0.3 is 5.32 Å². The molecule has 0 aliphatic carbocycles. The van der Waals surface area contributed by atoms with Gasteiger partial charge in [0.25, 0.3) is 0 Å². The molecule has 0 aliphatic rings. The first kappa shape index (κ1) is 16.8. The molecule has 2 atom stereocenters. The molecule has 0 heterocycles. The van der Waals surface area contributed by atoms with Crippen molar-refractivity contribution in [3.8, 4) is 0 Å². The molecule has 1 N–H and O–H groups in total. The Kier molecular flexibility index (Phi) is 6.52.